The molecule has 0 aliphatic rings. The number of carboxylic acid groups (broad SMARTS) is 1. The number of benzene rings is 3. The van der Waals surface area contributed by atoms with E-state index >= 15 is 0 Å². The second kappa shape index (κ2) is 8.63. The lowest BCUT2D eigenvalue weighted by molar-refractivity contribution is -0.384. The highest BCUT2D eigenvalue weighted by atomic mass is 32.2. The molecule has 0 aliphatic carbocycles. The second-order valence-corrected chi connectivity index (χ2v) is 7.93. The van der Waals surface area contributed by atoms with Gasteiger partial charge in [-0.2, -0.15) is 0 Å². The number of para-hydroxylation sites is 1. The zero-order valence-corrected chi connectivity index (χ0v) is 16.5. The van der Waals surface area contributed by atoms with Gasteiger partial charge in [0.25, 0.3) is 21.6 Å². The van der Waals surface area contributed by atoms with Crippen LogP contribution in [-0.2, 0) is 10.0 Å². The molecule has 3 aromatic carbocycles. The van der Waals surface area contributed by atoms with Crippen molar-refractivity contribution >= 4 is 39.0 Å². The van der Waals surface area contributed by atoms with Crippen LogP contribution in [-0.4, -0.2) is 30.3 Å². The van der Waals surface area contributed by atoms with Crippen LogP contribution in [0.25, 0.3) is 0 Å². The average molecular weight is 441 g/mol. The van der Waals surface area contributed by atoms with Gasteiger partial charge in [0, 0.05) is 17.7 Å². The zero-order chi connectivity index (χ0) is 22.6. The summed E-state index contributed by atoms with van der Waals surface area (Å²) in [6.07, 6.45) is 0. The van der Waals surface area contributed by atoms with E-state index in [4.69, 9.17) is 0 Å². The number of sulfonamides is 1. The van der Waals surface area contributed by atoms with Gasteiger partial charge in [-0.1, -0.05) is 24.3 Å². The number of rotatable bonds is 7. The van der Waals surface area contributed by atoms with Gasteiger partial charge in [-0.25, -0.2) is 13.2 Å². The quantitative estimate of drug-likeness (QED) is 0.375. The number of anilines is 2. The fourth-order valence-corrected chi connectivity index (χ4v) is 3.77. The van der Waals surface area contributed by atoms with Crippen molar-refractivity contribution in [3.63, 3.8) is 0 Å². The summed E-state index contributed by atoms with van der Waals surface area (Å²) in [5.41, 5.74) is -0.387. The number of nitrogens with one attached hydrogen (secondary N) is 2. The third-order valence-electron chi connectivity index (χ3n) is 4.12. The first-order valence-electron chi connectivity index (χ1n) is 8.68. The molecule has 10 nitrogen and oxygen atoms in total. The lowest BCUT2D eigenvalue weighted by Gasteiger charge is -2.11. The van der Waals surface area contributed by atoms with E-state index in [0.717, 1.165) is 12.1 Å². The van der Waals surface area contributed by atoms with Gasteiger partial charge < -0.3 is 10.4 Å². The van der Waals surface area contributed by atoms with Crippen molar-refractivity contribution in [2.45, 2.75) is 4.90 Å². The topological polar surface area (TPSA) is 156 Å². The lowest BCUT2D eigenvalue weighted by atomic mass is 10.1. The Hall–Kier alpha value is -4.25. The molecule has 0 saturated carbocycles. The molecule has 0 spiro atoms. The minimum atomic E-state index is -4.15. The molecular formula is C20H15N3O7S. The molecule has 0 fully saturated rings. The Bertz CT molecular complexity index is 1290. The van der Waals surface area contributed by atoms with E-state index in [2.05, 4.69) is 10.0 Å². The molecule has 0 aliphatic heterocycles. The maximum Gasteiger partial charge on any atom is 0.337 e. The summed E-state index contributed by atoms with van der Waals surface area (Å²) in [6, 6.07) is 15.8. The highest BCUT2D eigenvalue weighted by molar-refractivity contribution is 7.92. The van der Waals surface area contributed by atoms with Gasteiger partial charge in [0.05, 0.1) is 26.8 Å². The molecule has 0 aromatic heterocycles. The Labute approximate surface area is 176 Å². The van der Waals surface area contributed by atoms with Crippen LogP contribution in [0, 0.1) is 10.1 Å². The number of hydrogen-bond donors (Lipinski definition) is 3. The normalized spacial score (nSPS) is 10.8. The Morgan fingerprint density at radius 1 is 0.935 bits per heavy atom. The molecule has 1 amide bonds. The molecule has 3 rings (SSSR count). The summed E-state index contributed by atoms with van der Waals surface area (Å²) in [5.74, 6) is -1.94. The Balaban J connectivity index is 1.85. The highest BCUT2D eigenvalue weighted by Crippen LogP contribution is 2.22. The molecule has 0 atom stereocenters. The maximum atomic E-state index is 12.7. The predicted molar refractivity (Wildman–Crippen MR) is 112 cm³/mol. The van der Waals surface area contributed by atoms with Crippen LogP contribution in [0.3, 0.4) is 0 Å². The van der Waals surface area contributed by atoms with Crippen molar-refractivity contribution in [3.8, 4) is 0 Å². The molecule has 11 heteroatoms. The van der Waals surface area contributed by atoms with Gasteiger partial charge in [-0.15, -0.1) is 0 Å². The molecule has 0 heterocycles. The summed E-state index contributed by atoms with van der Waals surface area (Å²) >= 11 is 0. The summed E-state index contributed by atoms with van der Waals surface area (Å²) in [6.45, 7) is 0. The van der Waals surface area contributed by atoms with Crippen molar-refractivity contribution in [2.24, 2.45) is 0 Å². The number of nitrogens with zero attached hydrogens (tertiary/aromatic N) is 1. The smallest absolute Gasteiger partial charge is 0.337 e. The number of carbonyl (C=O) groups excluding carboxylic acids is 1. The van der Waals surface area contributed by atoms with E-state index in [1.54, 1.807) is 6.07 Å². The first-order chi connectivity index (χ1) is 14.7. The summed E-state index contributed by atoms with van der Waals surface area (Å²) < 4.78 is 27.6. The molecular weight excluding hydrogens is 426 g/mol. The number of non-ortho nitro benzene ring substituents is 1. The molecule has 3 N–H and O–H groups in total. The van der Waals surface area contributed by atoms with E-state index in [1.807, 2.05) is 0 Å². The van der Waals surface area contributed by atoms with Gasteiger partial charge in [-0.05, 0) is 36.4 Å². The average Bonchev–Trinajstić information content (AvgIpc) is 2.74. The maximum absolute atomic E-state index is 12.7. The lowest BCUT2D eigenvalue weighted by Crippen LogP contribution is -2.17. The Morgan fingerprint density at radius 2 is 1.65 bits per heavy atom. The fraction of sp³-hybridized carbons (Fsp3) is 0. The van der Waals surface area contributed by atoms with Crippen LogP contribution in [0.5, 0.6) is 0 Å². The van der Waals surface area contributed by atoms with E-state index < -0.39 is 26.8 Å². The van der Waals surface area contributed by atoms with E-state index in [1.165, 1.54) is 54.6 Å². The van der Waals surface area contributed by atoms with E-state index in [0.29, 0.717) is 0 Å². The van der Waals surface area contributed by atoms with Crippen LogP contribution in [0.2, 0.25) is 0 Å². The number of nitro groups is 1. The summed E-state index contributed by atoms with van der Waals surface area (Å²) in [5, 5.41) is 22.5. The largest absolute Gasteiger partial charge is 0.478 e. The van der Waals surface area contributed by atoms with Crippen LogP contribution in [0.15, 0.2) is 77.7 Å². The number of amides is 1. The van der Waals surface area contributed by atoms with Crippen molar-refractivity contribution < 1.29 is 28.0 Å². The first kappa shape index (κ1) is 21.5. The number of carbonyl (C=O) groups is 2. The van der Waals surface area contributed by atoms with Gasteiger partial charge in [0.1, 0.15) is 0 Å². The van der Waals surface area contributed by atoms with Crippen molar-refractivity contribution in [1.29, 1.82) is 0 Å². The van der Waals surface area contributed by atoms with Crippen LogP contribution >= 0.6 is 0 Å². The minimum Gasteiger partial charge on any atom is -0.478 e. The number of aromatic carboxylic acids is 1. The van der Waals surface area contributed by atoms with Gasteiger partial charge >= 0.3 is 5.97 Å². The third-order valence-corrected chi connectivity index (χ3v) is 5.50. The zero-order valence-electron chi connectivity index (χ0n) is 15.7. The molecule has 0 bridgehead atoms. The molecule has 0 saturated heterocycles. The van der Waals surface area contributed by atoms with Crippen molar-refractivity contribution in [3.05, 3.63) is 94.0 Å². The van der Waals surface area contributed by atoms with Crippen molar-refractivity contribution in [1.82, 2.24) is 0 Å². The first-order valence-corrected chi connectivity index (χ1v) is 10.2. The van der Waals surface area contributed by atoms with Crippen LogP contribution < -0.4 is 10.0 Å². The predicted octanol–water partition coefficient (Wildman–Crippen LogP) is 3.35. The Kier molecular flexibility index (Phi) is 5.97. The molecule has 0 unspecified atom stereocenters. The molecule has 31 heavy (non-hydrogen) atoms. The SMILES string of the molecule is O=C(Nc1ccccc1C(=O)O)c1cccc(S(=O)(=O)Nc2cccc([N+](=O)[O-])c2)c1. The standard InChI is InChI=1S/C20H15N3O7S/c24-19(21-18-10-2-1-9-17(18)20(25)26)13-5-3-8-16(11-13)31(29,30)22-14-6-4-7-15(12-14)23(27)28/h1-12,22H,(H,21,24)(H,25,26). The van der Waals surface area contributed by atoms with Gasteiger partial charge in [-0.3, -0.25) is 19.6 Å². The third kappa shape index (κ3) is 5.03. The van der Waals surface area contributed by atoms with Gasteiger partial charge in [0.15, 0.2) is 0 Å². The summed E-state index contributed by atoms with van der Waals surface area (Å²) in [4.78, 5) is 33.8. The molecule has 0 radical (unpaired) electrons. The molecule has 3 aromatic rings. The van der Waals surface area contributed by atoms with Crippen LogP contribution in [0.4, 0.5) is 17.1 Å². The van der Waals surface area contributed by atoms with Gasteiger partial charge in [0.2, 0.25) is 0 Å². The van der Waals surface area contributed by atoms with E-state index in [9.17, 15) is 33.2 Å². The number of hydrogen-bond acceptors (Lipinski definition) is 6. The fourth-order valence-electron chi connectivity index (χ4n) is 2.67. The highest BCUT2D eigenvalue weighted by Gasteiger charge is 2.19. The minimum absolute atomic E-state index is 0.0144. The van der Waals surface area contributed by atoms with E-state index in [-0.39, 0.29) is 33.1 Å². The summed E-state index contributed by atoms with van der Waals surface area (Å²) in [7, 11) is -4.15. The molecule has 158 valence electrons. The Morgan fingerprint density at radius 3 is 2.35 bits per heavy atom. The van der Waals surface area contributed by atoms with Crippen LogP contribution in [0.1, 0.15) is 20.7 Å². The second-order valence-electron chi connectivity index (χ2n) is 6.25. The van der Waals surface area contributed by atoms with Crippen molar-refractivity contribution in [2.75, 3.05) is 10.0 Å². The number of carboxylic acids is 1. The monoisotopic (exact) mass is 441 g/mol. The number of nitro benzene ring substituents is 1.